The predicted octanol–water partition coefficient (Wildman–Crippen LogP) is 2.48. The standard InChI is InChI=1S/C11H11F3O5S/c1-7(2)18-10(15)8-5-3-4-6-9(8)19-20(16,17)11(12,13)14/h3-7H,1-2H3. The van der Waals surface area contributed by atoms with Gasteiger partial charge in [0.15, 0.2) is 5.75 Å². The average molecular weight is 312 g/mol. The van der Waals surface area contributed by atoms with Crippen LogP contribution in [0.25, 0.3) is 0 Å². The van der Waals surface area contributed by atoms with Crippen molar-refractivity contribution in [3.05, 3.63) is 29.8 Å². The first-order chi connectivity index (χ1) is 9.04. The average Bonchev–Trinajstić information content (AvgIpc) is 2.26. The number of carbonyl (C=O) groups excluding carboxylic acids is 1. The molecule has 0 aliphatic heterocycles. The molecule has 20 heavy (non-hydrogen) atoms. The Kier molecular flexibility index (Phi) is 4.64. The van der Waals surface area contributed by atoms with Crippen molar-refractivity contribution in [2.24, 2.45) is 0 Å². The molecule has 0 fully saturated rings. The van der Waals surface area contributed by atoms with Gasteiger partial charge in [0.05, 0.1) is 6.10 Å². The maximum Gasteiger partial charge on any atom is 0.534 e. The van der Waals surface area contributed by atoms with Crippen molar-refractivity contribution >= 4 is 16.1 Å². The third-order valence-corrected chi connectivity index (χ3v) is 2.90. The van der Waals surface area contributed by atoms with Crippen LogP contribution in [0, 0.1) is 0 Å². The fraction of sp³-hybridized carbons (Fsp3) is 0.364. The number of benzene rings is 1. The fourth-order valence-corrected chi connectivity index (χ4v) is 1.63. The Labute approximate surface area is 113 Å². The number of esters is 1. The van der Waals surface area contributed by atoms with Crippen LogP contribution in [0.4, 0.5) is 13.2 Å². The highest BCUT2D eigenvalue weighted by Gasteiger charge is 2.49. The van der Waals surface area contributed by atoms with E-state index in [1.807, 2.05) is 0 Å². The molecular weight excluding hydrogens is 301 g/mol. The topological polar surface area (TPSA) is 69.7 Å². The summed E-state index contributed by atoms with van der Waals surface area (Å²) in [5.74, 6) is -1.72. The summed E-state index contributed by atoms with van der Waals surface area (Å²) >= 11 is 0. The number of ether oxygens (including phenoxy) is 1. The molecule has 0 aliphatic carbocycles. The van der Waals surface area contributed by atoms with Gasteiger partial charge in [0.1, 0.15) is 5.56 Å². The van der Waals surface area contributed by atoms with E-state index in [-0.39, 0.29) is 0 Å². The Balaban J connectivity index is 3.13. The minimum atomic E-state index is -5.84. The first kappa shape index (κ1) is 16.3. The largest absolute Gasteiger partial charge is 0.534 e. The maximum absolute atomic E-state index is 12.2. The third-order valence-electron chi connectivity index (χ3n) is 1.93. The van der Waals surface area contributed by atoms with Gasteiger partial charge in [-0.15, -0.1) is 0 Å². The smallest absolute Gasteiger partial charge is 0.459 e. The van der Waals surface area contributed by atoms with Crippen LogP contribution < -0.4 is 4.18 Å². The van der Waals surface area contributed by atoms with Crippen LogP contribution in [0.15, 0.2) is 24.3 Å². The quantitative estimate of drug-likeness (QED) is 0.485. The van der Waals surface area contributed by atoms with Gasteiger partial charge >= 0.3 is 21.6 Å². The van der Waals surface area contributed by atoms with E-state index >= 15 is 0 Å². The summed E-state index contributed by atoms with van der Waals surface area (Å²) in [6.45, 7) is 3.07. The van der Waals surface area contributed by atoms with E-state index in [0.29, 0.717) is 0 Å². The lowest BCUT2D eigenvalue weighted by molar-refractivity contribution is -0.0500. The zero-order chi connectivity index (χ0) is 15.6. The lowest BCUT2D eigenvalue weighted by atomic mass is 10.2. The highest BCUT2D eigenvalue weighted by atomic mass is 32.2. The van der Waals surface area contributed by atoms with Crippen molar-refractivity contribution in [3.8, 4) is 5.75 Å². The van der Waals surface area contributed by atoms with Gasteiger partial charge in [-0.2, -0.15) is 21.6 Å². The molecule has 0 atom stereocenters. The van der Waals surface area contributed by atoms with E-state index in [2.05, 4.69) is 4.18 Å². The number of carbonyl (C=O) groups is 1. The van der Waals surface area contributed by atoms with Gasteiger partial charge in [-0.05, 0) is 26.0 Å². The molecule has 0 N–H and O–H groups in total. The van der Waals surface area contributed by atoms with E-state index < -0.39 is 39.0 Å². The van der Waals surface area contributed by atoms with Crippen LogP contribution in [0.3, 0.4) is 0 Å². The van der Waals surface area contributed by atoms with Crippen LogP contribution in [0.2, 0.25) is 0 Å². The van der Waals surface area contributed by atoms with Gasteiger partial charge in [-0.3, -0.25) is 0 Å². The second kappa shape index (κ2) is 5.70. The van der Waals surface area contributed by atoms with Crippen LogP contribution in [-0.2, 0) is 14.9 Å². The number of hydrogen-bond donors (Lipinski definition) is 0. The van der Waals surface area contributed by atoms with Gasteiger partial charge in [0, 0.05) is 0 Å². The highest BCUT2D eigenvalue weighted by Crippen LogP contribution is 2.29. The van der Waals surface area contributed by atoms with Crippen LogP contribution in [-0.4, -0.2) is 26.0 Å². The zero-order valence-electron chi connectivity index (χ0n) is 10.5. The van der Waals surface area contributed by atoms with Crippen molar-refractivity contribution in [1.29, 1.82) is 0 Å². The summed E-state index contributed by atoms with van der Waals surface area (Å²) in [6, 6.07) is 4.60. The Morgan fingerprint density at radius 2 is 1.75 bits per heavy atom. The molecule has 0 saturated heterocycles. The Morgan fingerprint density at radius 1 is 1.20 bits per heavy atom. The second-order valence-electron chi connectivity index (χ2n) is 3.93. The molecule has 5 nitrogen and oxygen atoms in total. The van der Waals surface area contributed by atoms with E-state index in [1.165, 1.54) is 26.0 Å². The van der Waals surface area contributed by atoms with Crippen molar-refractivity contribution in [1.82, 2.24) is 0 Å². The van der Waals surface area contributed by atoms with Gasteiger partial charge in [-0.25, -0.2) is 4.79 Å². The molecule has 0 spiro atoms. The molecule has 9 heteroatoms. The summed E-state index contributed by atoms with van der Waals surface area (Å²) in [5.41, 5.74) is -5.99. The predicted molar refractivity (Wildman–Crippen MR) is 62.6 cm³/mol. The normalized spacial score (nSPS) is 12.3. The first-order valence-corrected chi connectivity index (χ1v) is 6.76. The van der Waals surface area contributed by atoms with Gasteiger partial charge < -0.3 is 8.92 Å². The molecule has 0 heterocycles. The Hall–Kier alpha value is -1.77. The lowest BCUT2D eigenvalue weighted by Crippen LogP contribution is -2.28. The van der Waals surface area contributed by atoms with Gasteiger partial charge in [-0.1, -0.05) is 12.1 Å². The minimum absolute atomic E-state index is 0.408. The third kappa shape index (κ3) is 3.86. The van der Waals surface area contributed by atoms with E-state index in [9.17, 15) is 26.4 Å². The van der Waals surface area contributed by atoms with Gasteiger partial charge in [0.2, 0.25) is 0 Å². The fourth-order valence-electron chi connectivity index (χ4n) is 1.15. The monoisotopic (exact) mass is 312 g/mol. The van der Waals surface area contributed by atoms with E-state index in [4.69, 9.17) is 4.74 Å². The van der Waals surface area contributed by atoms with E-state index in [0.717, 1.165) is 12.1 Å². The lowest BCUT2D eigenvalue weighted by Gasteiger charge is -2.13. The molecule has 1 aromatic rings. The molecule has 0 amide bonds. The Morgan fingerprint density at radius 3 is 2.25 bits per heavy atom. The number of rotatable bonds is 4. The zero-order valence-corrected chi connectivity index (χ0v) is 11.3. The molecule has 0 radical (unpaired) electrons. The molecule has 0 saturated carbocycles. The van der Waals surface area contributed by atoms with E-state index in [1.54, 1.807) is 0 Å². The molecule has 1 aromatic carbocycles. The maximum atomic E-state index is 12.2. The van der Waals surface area contributed by atoms with Crippen molar-refractivity contribution in [2.75, 3.05) is 0 Å². The molecule has 0 unspecified atom stereocenters. The summed E-state index contributed by atoms with van der Waals surface area (Å²) in [7, 11) is -5.84. The molecule has 112 valence electrons. The number of para-hydroxylation sites is 1. The van der Waals surface area contributed by atoms with Crippen molar-refractivity contribution < 1.29 is 35.3 Å². The summed E-state index contributed by atoms with van der Waals surface area (Å²) in [4.78, 5) is 11.6. The molecule has 0 aromatic heterocycles. The highest BCUT2D eigenvalue weighted by molar-refractivity contribution is 7.88. The number of halogens is 3. The molecule has 0 bridgehead atoms. The molecule has 0 aliphatic rings. The molecule has 1 rings (SSSR count). The van der Waals surface area contributed by atoms with Crippen molar-refractivity contribution in [2.45, 2.75) is 25.5 Å². The summed E-state index contributed by atoms with van der Waals surface area (Å²) < 4.78 is 67.3. The van der Waals surface area contributed by atoms with Gasteiger partial charge in [0.25, 0.3) is 0 Å². The number of alkyl halides is 3. The van der Waals surface area contributed by atoms with Crippen LogP contribution in [0.5, 0.6) is 5.75 Å². The minimum Gasteiger partial charge on any atom is -0.459 e. The second-order valence-corrected chi connectivity index (χ2v) is 5.47. The SMILES string of the molecule is CC(C)OC(=O)c1ccccc1OS(=O)(=O)C(F)(F)F. The first-order valence-electron chi connectivity index (χ1n) is 5.35. The van der Waals surface area contributed by atoms with Crippen molar-refractivity contribution in [3.63, 3.8) is 0 Å². The number of hydrogen-bond acceptors (Lipinski definition) is 5. The molecular formula is C11H11F3O5S. The summed E-state index contributed by atoms with van der Waals surface area (Å²) in [6.07, 6.45) is -0.519. The van der Waals surface area contributed by atoms with Crippen LogP contribution in [0.1, 0.15) is 24.2 Å². The Bertz CT molecular complexity index is 592. The summed E-state index contributed by atoms with van der Waals surface area (Å²) in [5, 5.41) is 0. The van der Waals surface area contributed by atoms with Crippen LogP contribution >= 0.6 is 0 Å².